The van der Waals surface area contributed by atoms with Crippen LogP contribution in [0.25, 0.3) is 10.9 Å². The second-order valence-electron chi connectivity index (χ2n) is 6.35. The number of hydrogen-bond donors (Lipinski definition) is 3. The third-order valence-electron chi connectivity index (χ3n) is 4.64. The molecule has 0 saturated carbocycles. The topological polar surface area (TPSA) is 94.1 Å². The molecule has 5 nitrogen and oxygen atoms in total. The number of H-pyrrole nitrogens is 1. The number of ether oxygens (including phenoxy) is 1. The van der Waals surface area contributed by atoms with E-state index in [1.807, 2.05) is 12.1 Å². The third kappa shape index (κ3) is 2.78. The van der Waals surface area contributed by atoms with E-state index in [1.54, 1.807) is 12.1 Å². The van der Waals surface area contributed by atoms with Crippen LogP contribution in [-0.4, -0.2) is 17.6 Å². The Bertz CT molecular complexity index is 761. The van der Waals surface area contributed by atoms with Gasteiger partial charge in [0.25, 0.3) is 0 Å². The number of aromatic nitrogens is 1. The highest BCUT2D eigenvalue weighted by molar-refractivity contribution is 5.96. The lowest BCUT2D eigenvalue weighted by molar-refractivity contribution is 0.0550. The molecule has 3 rings (SSSR count). The fourth-order valence-corrected chi connectivity index (χ4v) is 3.43. The molecule has 0 spiro atoms. The number of nitrogens with one attached hydrogen (secondary N) is 1. The fourth-order valence-electron chi connectivity index (χ4n) is 3.43. The maximum atomic E-state index is 12.1. The van der Waals surface area contributed by atoms with Crippen LogP contribution in [-0.2, 0) is 16.8 Å². The lowest BCUT2D eigenvalue weighted by atomic mass is 9.79. The largest absolute Gasteiger partial charge is 0.458 e. The Balaban J connectivity index is 2.06. The van der Waals surface area contributed by atoms with Gasteiger partial charge in [-0.05, 0) is 42.5 Å². The number of rotatable bonds is 4. The molecule has 122 valence electrons. The maximum Gasteiger partial charge on any atom is 0.338 e. The van der Waals surface area contributed by atoms with Crippen molar-refractivity contribution in [1.29, 1.82) is 0 Å². The number of nitrogens with two attached hydrogens (primary N) is 2. The minimum absolute atomic E-state index is 0.203. The second-order valence-corrected chi connectivity index (χ2v) is 6.35. The van der Waals surface area contributed by atoms with Crippen LogP contribution < -0.4 is 11.5 Å². The summed E-state index contributed by atoms with van der Waals surface area (Å²) in [7, 11) is 0. The second kappa shape index (κ2) is 5.83. The Morgan fingerprint density at radius 2 is 2.30 bits per heavy atom. The number of fused-ring (bicyclic) bond motifs is 3. The van der Waals surface area contributed by atoms with Gasteiger partial charge in [-0.3, -0.25) is 0 Å². The van der Waals surface area contributed by atoms with Gasteiger partial charge in [0, 0.05) is 10.9 Å². The zero-order chi connectivity index (χ0) is 16.6. The molecule has 23 heavy (non-hydrogen) atoms. The molecule has 0 aliphatic heterocycles. The molecule has 1 aliphatic rings. The van der Waals surface area contributed by atoms with Crippen molar-refractivity contribution in [2.24, 2.45) is 17.4 Å². The number of carbonyl (C=O) groups excluding carboxylic acids is 1. The van der Waals surface area contributed by atoms with Crippen molar-refractivity contribution < 1.29 is 9.53 Å². The predicted molar refractivity (Wildman–Crippen MR) is 90.9 cm³/mol. The van der Waals surface area contributed by atoms with E-state index < -0.39 is 5.66 Å². The zero-order valence-electron chi connectivity index (χ0n) is 13.4. The van der Waals surface area contributed by atoms with Crippen LogP contribution in [0.2, 0.25) is 0 Å². The quantitative estimate of drug-likeness (QED) is 0.459. The minimum atomic E-state index is -0.850. The van der Waals surface area contributed by atoms with E-state index in [4.69, 9.17) is 16.2 Å². The Labute approximate surface area is 135 Å². The molecule has 1 aromatic carbocycles. The summed E-state index contributed by atoms with van der Waals surface area (Å²) in [4.78, 5) is 15.4. The monoisotopic (exact) mass is 313 g/mol. The first-order valence-corrected chi connectivity index (χ1v) is 7.97. The molecule has 5 heteroatoms. The van der Waals surface area contributed by atoms with Gasteiger partial charge < -0.3 is 21.2 Å². The minimum Gasteiger partial charge on any atom is -0.458 e. The molecule has 0 radical (unpaired) electrons. The average Bonchev–Trinajstić information content (AvgIpc) is 2.91. The van der Waals surface area contributed by atoms with Crippen molar-refractivity contribution in [3.63, 3.8) is 0 Å². The average molecular weight is 313 g/mol. The molecule has 5 N–H and O–H groups in total. The smallest absolute Gasteiger partial charge is 0.338 e. The van der Waals surface area contributed by atoms with Crippen LogP contribution >= 0.6 is 0 Å². The van der Waals surface area contributed by atoms with E-state index in [0.29, 0.717) is 11.5 Å². The van der Waals surface area contributed by atoms with Gasteiger partial charge in [-0.1, -0.05) is 26.0 Å². The normalized spacial score (nSPS) is 19.3. The lowest BCUT2D eigenvalue weighted by Crippen LogP contribution is -2.50. The highest BCUT2D eigenvalue weighted by Gasteiger charge is 2.36. The first-order chi connectivity index (χ1) is 11.0. The summed E-state index contributed by atoms with van der Waals surface area (Å²) in [6, 6.07) is 5.50. The van der Waals surface area contributed by atoms with Crippen LogP contribution in [0.1, 0.15) is 41.4 Å². The number of esters is 1. The Morgan fingerprint density at radius 1 is 1.52 bits per heavy atom. The zero-order valence-corrected chi connectivity index (χ0v) is 13.4. The van der Waals surface area contributed by atoms with Crippen molar-refractivity contribution in [2.45, 2.75) is 31.8 Å². The van der Waals surface area contributed by atoms with Crippen molar-refractivity contribution >= 4 is 16.9 Å². The Hall–Kier alpha value is -2.11. The van der Waals surface area contributed by atoms with Gasteiger partial charge in [0.15, 0.2) is 0 Å². The van der Waals surface area contributed by atoms with E-state index in [1.165, 1.54) is 0 Å². The summed E-state index contributed by atoms with van der Waals surface area (Å²) < 4.78 is 5.11. The van der Waals surface area contributed by atoms with Gasteiger partial charge in [0.05, 0.1) is 11.3 Å². The predicted octanol–water partition coefficient (Wildman–Crippen LogP) is 2.55. The van der Waals surface area contributed by atoms with E-state index in [2.05, 4.69) is 18.5 Å². The molecule has 0 fully saturated rings. The van der Waals surface area contributed by atoms with Gasteiger partial charge in [0.1, 0.15) is 12.3 Å². The van der Waals surface area contributed by atoms with E-state index in [9.17, 15) is 4.79 Å². The first-order valence-electron chi connectivity index (χ1n) is 7.97. The van der Waals surface area contributed by atoms with Crippen molar-refractivity contribution in [3.05, 3.63) is 47.7 Å². The fraction of sp³-hybridized carbons (Fsp3) is 0.389. The van der Waals surface area contributed by atoms with E-state index in [-0.39, 0.29) is 12.6 Å². The molecule has 1 aliphatic carbocycles. The molecule has 1 heterocycles. The van der Waals surface area contributed by atoms with Gasteiger partial charge in [0.2, 0.25) is 0 Å². The molecule has 0 amide bonds. The Morgan fingerprint density at radius 3 is 3.00 bits per heavy atom. The number of benzene rings is 1. The number of hydrogen-bond acceptors (Lipinski definition) is 4. The lowest BCUT2D eigenvalue weighted by Gasteiger charge is -2.34. The van der Waals surface area contributed by atoms with Crippen molar-refractivity contribution in [3.8, 4) is 0 Å². The molecule has 0 saturated heterocycles. The van der Waals surface area contributed by atoms with Gasteiger partial charge in [-0.25, -0.2) is 4.79 Å². The molecule has 2 aromatic rings. The van der Waals surface area contributed by atoms with Crippen molar-refractivity contribution in [1.82, 2.24) is 4.98 Å². The van der Waals surface area contributed by atoms with Crippen LogP contribution in [0.4, 0.5) is 0 Å². The first kappa shape index (κ1) is 15.8. The number of carbonyl (C=O) groups is 1. The molecule has 0 bridgehead atoms. The molecule has 1 atom stereocenters. The van der Waals surface area contributed by atoms with E-state index in [0.717, 1.165) is 41.4 Å². The highest BCUT2D eigenvalue weighted by atomic mass is 16.5. The standard InChI is InChI=1S/C18H23N3O2/c1-3-7-23-17(22)12-5-6-15-13(9-12)14-8-11(4-2)10-18(19,20)16(14)21-15/h3,5-6,9,11,21H,1,4,7-8,10,19-20H2,2H3. The SMILES string of the molecule is C=CCOC(=O)c1ccc2[nH]c3c(c2c1)CC(CC)CC3(N)N. The van der Waals surface area contributed by atoms with Crippen LogP contribution in [0, 0.1) is 5.92 Å². The van der Waals surface area contributed by atoms with Gasteiger partial charge in [-0.15, -0.1) is 0 Å². The summed E-state index contributed by atoms with van der Waals surface area (Å²) in [5, 5.41) is 1.01. The summed E-state index contributed by atoms with van der Waals surface area (Å²) in [5.74, 6) is 0.101. The van der Waals surface area contributed by atoms with Gasteiger partial charge >= 0.3 is 5.97 Å². The molecule has 1 unspecified atom stereocenters. The Kier molecular flexibility index (Phi) is 4.00. The molecular formula is C18H23N3O2. The van der Waals surface area contributed by atoms with Crippen LogP contribution in [0.15, 0.2) is 30.9 Å². The maximum absolute atomic E-state index is 12.1. The van der Waals surface area contributed by atoms with E-state index >= 15 is 0 Å². The number of aromatic amines is 1. The van der Waals surface area contributed by atoms with Gasteiger partial charge in [-0.2, -0.15) is 0 Å². The molecule has 1 aromatic heterocycles. The summed E-state index contributed by atoms with van der Waals surface area (Å²) in [5.41, 5.74) is 15.3. The highest BCUT2D eigenvalue weighted by Crippen LogP contribution is 2.38. The summed E-state index contributed by atoms with van der Waals surface area (Å²) >= 11 is 0. The summed E-state index contributed by atoms with van der Waals surface area (Å²) in [6.45, 7) is 5.90. The third-order valence-corrected chi connectivity index (χ3v) is 4.64. The summed E-state index contributed by atoms with van der Waals surface area (Å²) in [6.07, 6.45) is 4.27. The van der Waals surface area contributed by atoms with Crippen molar-refractivity contribution in [2.75, 3.05) is 6.61 Å². The van der Waals surface area contributed by atoms with Crippen LogP contribution in [0.5, 0.6) is 0 Å². The molecular weight excluding hydrogens is 290 g/mol. The van der Waals surface area contributed by atoms with Crippen LogP contribution in [0.3, 0.4) is 0 Å².